The standard InChI is InChI=1S/5C10H22S.Sb/c5*1-2-3-4-5-6-7-8-9-10-11;/h5*11H,2-10H2,1H3;/q;;;;;+5/p-5. The molecule has 0 aromatic carbocycles. The first-order valence-corrected chi connectivity index (χ1v) is 27.9. The van der Waals surface area contributed by atoms with E-state index in [4.69, 9.17) is 63.1 Å². The number of rotatable bonds is 40. The third-order valence-corrected chi connectivity index (χ3v) is 11.4. The maximum absolute atomic E-state index is 4.87. The van der Waals surface area contributed by atoms with E-state index in [9.17, 15) is 0 Å². The third kappa shape index (κ3) is 96.4. The van der Waals surface area contributed by atoms with Gasteiger partial charge < -0.3 is 63.1 Å². The minimum Gasteiger partial charge on any atom is -0.793 e. The van der Waals surface area contributed by atoms with Crippen LogP contribution in [-0.2, 0) is 63.1 Å². The van der Waals surface area contributed by atoms with Crippen molar-refractivity contribution in [3.05, 3.63) is 0 Å². The van der Waals surface area contributed by atoms with Crippen LogP contribution < -0.4 is 0 Å². The Kier molecular flexibility index (Phi) is 102. The first-order valence-electron chi connectivity index (χ1n) is 25.0. The summed E-state index contributed by atoms with van der Waals surface area (Å²) in [6, 6.07) is 0. The predicted molar refractivity (Wildman–Crippen MR) is 280 cm³/mol. The molecule has 0 spiro atoms. The zero-order chi connectivity index (χ0) is 41.8. The van der Waals surface area contributed by atoms with Crippen molar-refractivity contribution in [3.8, 4) is 0 Å². The molecule has 0 unspecified atom stereocenters. The average molecular weight is 988 g/mol. The van der Waals surface area contributed by atoms with Crippen LogP contribution in [0.5, 0.6) is 0 Å². The van der Waals surface area contributed by atoms with E-state index >= 15 is 0 Å². The summed E-state index contributed by atoms with van der Waals surface area (Å²) in [7, 11) is 0. The molecule has 340 valence electrons. The van der Waals surface area contributed by atoms with Crippen molar-refractivity contribution in [2.24, 2.45) is 0 Å². The van der Waals surface area contributed by atoms with Crippen molar-refractivity contribution in [3.63, 3.8) is 0 Å². The Morgan fingerprint density at radius 3 is 0.339 bits per heavy atom. The van der Waals surface area contributed by atoms with Crippen molar-refractivity contribution in [2.45, 2.75) is 291 Å². The second-order valence-corrected chi connectivity index (χ2v) is 17.9. The Bertz CT molecular complexity index is 381. The quantitative estimate of drug-likeness (QED) is 0.0340. The Morgan fingerprint density at radius 1 is 0.161 bits per heavy atom. The molecule has 0 radical (unpaired) electrons. The molecule has 0 rings (SSSR count). The zero-order valence-corrected chi connectivity index (χ0v) is 45.9. The monoisotopic (exact) mass is 987 g/mol. The van der Waals surface area contributed by atoms with E-state index in [1.807, 2.05) is 0 Å². The van der Waals surface area contributed by atoms with Gasteiger partial charge in [0, 0.05) is 0 Å². The molecular weight excluding hydrogens is 883 g/mol. The molecular formula is C50H105S5Sb. The van der Waals surface area contributed by atoms with Gasteiger partial charge in [0.1, 0.15) is 0 Å². The van der Waals surface area contributed by atoms with Gasteiger partial charge in [-0.2, -0.15) is 28.8 Å². The van der Waals surface area contributed by atoms with E-state index in [-0.39, 0.29) is 24.4 Å². The van der Waals surface area contributed by atoms with Crippen LogP contribution in [0, 0.1) is 0 Å². The molecule has 0 aromatic heterocycles. The minimum atomic E-state index is 0. The van der Waals surface area contributed by atoms with Crippen LogP contribution >= 0.6 is 0 Å². The van der Waals surface area contributed by atoms with Gasteiger partial charge in [-0.25, -0.2) is 0 Å². The van der Waals surface area contributed by atoms with Crippen molar-refractivity contribution < 1.29 is 0 Å². The van der Waals surface area contributed by atoms with E-state index in [1.165, 1.54) is 257 Å². The van der Waals surface area contributed by atoms with Crippen LogP contribution in [0.4, 0.5) is 0 Å². The summed E-state index contributed by atoms with van der Waals surface area (Å²) in [6.45, 7) is 11.3. The van der Waals surface area contributed by atoms with Gasteiger partial charge in [-0.05, 0) is 0 Å². The molecule has 0 aliphatic rings. The van der Waals surface area contributed by atoms with Gasteiger partial charge >= 0.3 is 24.4 Å². The fraction of sp³-hybridized carbons (Fsp3) is 1.00. The molecule has 56 heavy (non-hydrogen) atoms. The van der Waals surface area contributed by atoms with E-state index in [0.717, 1.165) is 28.8 Å². The topological polar surface area (TPSA) is 0 Å². The molecule has 0 saturated carbocycles. The van der Waals surface area contributed by atoms with E-state index in [1.54, 1.807) is 0 Å². The molecule has 0 aliphatic carbocycles. The number of unbranched alkanes of at least 4 members (excludes halogenated alkanes) is 35. The van der Waals surface area contributed by atoms with Crippen molar-refractivity contribution >= 4 is 87.6 Å². The largest absolute Gasteiger partial charge is 5.00 e. The smallest absolute Gasteiger partial charge is 0.793 e. The fourth-order valence-corrected chi connectivity index (χ4v) is 7.20. The van der Waals surface area contributed by atoms with Gasteiger partial charge in [0.2, 0.25) is 0 Å². The van der Waals surface area contributed by atoms with Crippen LogP contribution in [-0.4, -0.2) is 53.2 Å². The summed E-state index contributed by atoms with van der Waals surface area (Å²) in [5, 5.41) is 0. The molecule has 0 nitrogen and oxygen atoms in total. The molecule has 6 heteroatoms. The summed E-state index contributed by atoms with van der Waals surface area (Å²) in [5.41, 5.74) is 0. The molecule has 0 atom stereocenters. The van der Waals surface area contributed by atoms with Crippen molar-refractivity contribution in [2.75, 3.05) is 28.8 Å². The number of hydrogen-bond acceptors (Lipinski definition) is 5. The molecule has 0 heterocycles. The maximum atomic E-state index is 4.87. The van der Waals surface area contributed by atoms with Gasteiger partial charge in [-0.15, -0.1) is 0 Å². The maximum Gasteiger partial charge on any atom is 5.00 e. The molecule has 0 bridgehead atoms. The normalized spacial score (nSPS) is 10.2. The molecule has 0 amide bonds. The summed E-state index contributed by atoms with van der Waals surface area (Å²) in [5.74, 6) is 4.77. The minimum absolute atomic E-state index is 0. The van der Waals surface area contributed by atoms with Gasteiger partial charge in [0.05, 0.1) is 0 Å². The molecule has 0 aliphatic heterocycles. The summed E-state index contributed by atoms with van der Waals surface area (Å²) >= 11 is 24.4. The Labute approximate surface area is 404 Å². The second kappa shape index (κ2) is 81.4. The first kappa shape index (κ1) is 70.2. The summed E-state index contributed by atoms with van der Waals surface area (Å²) in [6.07, 6.45) is 55.4. The van der Waals surface area contributed by atoms with Gasteiger partial charge in [-0.1, -0.05) is 291 Å². The molecule has 0 fully saturated rings. The van der Waals surface area contributed by atoms with E-state index < -0.39 is 0 Å². The molecule has 0 aromatic rings. The number of hydrogen-bond donors (Lipinski definition) is 0. The first-order chi connectivity index (χ1) is 27.1. The second-order valence-electron chi connectivity index (χ2n) is 15.9. The van der Waals surface area contributed by atoms with Crippen molar-refractivity contribution in [1.29, 1.82) is 0 Å². The van der Waals surface area contributed by atoms with Crippen molar-refractivity contribution in [1.82, 2.24) is 0 Å². The van der Waals surface area contributed by atoms with Crippen LogP contribution in [0.3, 0.4) is 0 Å². The van der Waals surface area contributed by atoms with Crippen LogP contribution in [0.25, 0.3) is 0 Å². The molecule has 0 saturated heterocycles. The Morgan fingerprint density at radius 2 is 0.250 bits per heavy atom. The van der Waals surface area contributed by atoms with Gasteiger partial charge in [-0.3, -0.25) is 0 Å². The summed E-state index contributed by atoms with van der Waals surface area (Å²) in [4.78, 5) is 0. The van der Waals surface area contributed by atoms with Crippen LogP contribution in [0.1, 0.15) is 291 Å². The van der Waals surface area contributed by atoms with Crippen LogP contribution in [0.2, 0.25) is 0 Å². The van der Waals surface area contributed by atoms with E-state index in [0.29, 0.717) is 0 Å². The summed E-state index contributed by atoms with van der Waals surface area (Å²) < 4.78 is 0. The van der Waals surface area contributed by atoms with Crippen LogP contribution in [0.15, 0.2) is 0 Å². The predicted octanol–water partition coefficient (Wildman–Crippen LogP) is 18.0. The zero-order valence-electron chi connectivity index (χ0n) is 39.3. The van der Waals surface area contributed by atoms with E-state index in [2.05, 4.69) is 34.6 Å². The Hall–Kier alpha value is 2.57. The SMILES string of the molecule is CCCCCCCCCC[S-].CCCCCCCCCC[S-].CCCCCCCCCC[S-].CCCCCCCCCC[S-].CCCCCCCCCC[S-].[Sb+5]. The van der Waals surface area contributed by atoms with Gasteiger partial charge in [0.25, 0.3) is 0 Å². The fourth-order valence-electron chi connectivity index (χ4n) is 6.18. The average Bonchev–Trinajstić information content (AvgIpc) is 3.20. The van der Waals surface area contributed by atoms with Gasteiger partial charge in [0.15, 0.2) is 0 Å². The molecule has 0 N–H and O–H groups in total. The third-order valence-electron chi connectivity index (χ3n) is 9.99. The Balaban J connectivity index is -0.000000139.